The molecule has 2 amide bonds. The maximum atomic E-state index is 12.3. The number of carboxylic acid groups (broad SMARTS) is 1. The SMILES string of the molecule is CN(C)CCN(C)C(=O)N1CCSCC1CC(=O)O. The first-order valence-corrected chi connectivity index (χ1v) is 7.53. The van der Waals surface area contributed by atoms with E-state index in [0.717, 1.165) is 12.3 Å². The number of likely N-dealkylation sites (N-methyl/N-ethyl adjacent to an activating group) is 2. The van der Waals surface area contributed by atoms with Crippen LogP contribution in [0.15, 0.2) is 0 Å². The molecule has 1 rings (SSSR count). The second-order valence-corrected chi connectivity index (χ2v) is 6.18. The third kappa shape index (κ3) is 5.28. The van der Waals surface area contributed by atoms with Crippen LogP contribution in [0.5, 0.6) is 0 Å². The van der Waals surface area contributed by atoms with Gasteiger partial charge in [-0.3, -0.25) is 4.79 Å². The van der Waals surface area contributed by atoms with Crippen LogP contribution in [0.3, 0.4) is 0 Å². The van der Waals surface area contributed by atoms with E-state index in [2.05, 4.69) is 0 Å². The fourth-order valence-electron chi connectivity index (χ4n) is 1.94. The highest BCUT2D eigenvalue weighted by molar-refractivity contribution is 7.99. The molecule has 1 fully saturated rings. The normalized spacial score (nSPS) is 19.6. The lowest BCUT2D eigenvalue weighted by atomic mass is 10.2. The number of amides is 2. The summed E-state index contributed by atoms with van der Waals surface area (Å²) in [6, 6.07) is -0.251. The van der Waals surface area contributed by atoms with Gasteiger partial charge in [-0.25, -0.2) is 4.79 Å². The molecule has 0 aromatic heterocycles. The molecule has 19 heavy (non-hydrogen) atoms. The van der Waals surface area contributed by atoms with Crippen LogP contribution in [0.1, 0.15) is 6.42 Å². The summed E-state index contributed by atoms with van der Waals surface area (Å²) < 4.78 is 0. The number of thioether (sulfide) groups is 1. The zero-order chi connectivity index (χ0) is 14.4. The van der Waals surface area contributed by atoms with E-state index in [1.165, 1.54) is 0 Å². The van der Waals surface area contributed by atoms with Crippen LogP contribution >= 0.6 is 11.8 Å². The minimum absolute atomic E-state index is 0.0280. The summed E-state index contributed by atoms with van der Waals surface area (Å²) in [4.78, 5) is 28.6. The lowest BCUT2D eigenvalue weighted by Gasteiger charge is -2.37. The first-order valence-electron chi connectivity index (χ1n) is 6.37. The van der Waals surface area contributed by atoms with Gasteiger partial charge in [0.05, 0.1) is 12.5 Å². The molecule has 6 nitrogen and oxygen atoms in total. The highest BCUT2D eigenvalue weighted by atomic mass is 32.2. The van der Waals surface area contributed by atoms with Gasteiger partial charge in [0, 0.05) is 38.2 Å². The molecule has 1 unspecified atom stereocenters. The first kappa shape index (κ1) is 16.1. The van der Waals surface area contributed by atoms with E-state index >= 15 is 0 Å². The lowest BCUT2D eigenvalue weighted by Crippen LogP contribution is -2.52. The Hall–Kier alpha value is -0.950. The largest absolute Gasteiger partial charge is 0.481 e. The zero-order valence-corrected chi connectivity index (χ0v) is 12.7. The first-order chi connectivity index (χ1) is 8.91. The molecule has 0 spiro atoms. The molecule has 0 saturated carbocycles. The topological polar surface area (TPSA) is 64.1 Å². The molecular weight excluding hydrogens is 266 g/mol. The Balaban J connectivity index is 2.58. The molecule has 1 N–H and O–H groups in total. The van der Waals surface area contributed by atoms with Crippen LogP contribution in [-0.2, 0) is 4.79 Å². The van der Waals surface area contributed by atoms with Crippen molar-refractivity contribution in [3.63, 3.8) is 0 Å². The van der Waals surface area contributed by atoms with Crippen LogP contribution in [0.2, 0.25) is 0 Å². The second kappa shape index (κ2) is 7.59. The summed E-state index contributed by atoms with van der Waals surface area (Å²) in [7, 11) is 5.69. The molecule has 0 aromatic carbocycles. The molecule has 1 aliphatic rings. The van der Waals surface area contributed by atoms with Gasteiger partial charge in [0.1, 0.15) is 0 Å². The monoisotopic (exact) mass is 289 g/mol. The summed E-state index contributed by atoms with van der Waals surface area (Å²) in [6.45, 7) is 2.08. The van der Waals surface area contributed by atoms with Gasteiger partial charge in [-0.15, -0.1) is 0 Å². The quantitative estimate of drug-likeness (QED) is 0.798. The van der Waals surface area contributed by atoms with Crippen LogP contribution in [0.4, 0.5) is 4.79 Å². The molecule has 110 valence electrons. The van der Waals surface area contributed by atoms with E-state index in [1.54, 1.807) is 28.6 Å². The number of carbonyl (C=O) groups is 2. The summed E-state index contributed by atoms with van der Waals surface area (Å²) in [5, 5.41) is 8.91. The molecule has 1 heterocycles. The van der Waals surface area contributed by atoms with Gasteiger partial charge < -0.3 is 19.8 Å². The lowest BCUT2D eigenvalue weighted by molar-refractivity contribution is -0.138. The molecule has 0 bridgehead atoms. The number of urea groups is 1. The Bertz CT molecular complexity index is 325. The number of rotatable bonds is 5. The van der Waals surface area contributed by atoms with Crippen molar-refractivity contribution in [3.05, 3.63) is 0 Å². The smallest absolute Gasteiger partial charge is 0.320 e. The maximum Gasteiger partial charge on any atom is 0.320 e. The minimum atomic E-state index is -0.846. The molecule has 1 saturated heterocycles. The van der Waals surface area contributed by atoms with Crippen molar-refractivity contribution < 1.29 is 14.7 Å². The Morgan fingerprint density at radius 2 is 2.00 bits per heavy atom. The predicted molar refractivity (Wildman–Crippen MR) is 76.7 cm³/mol. The minimum Gasteiger partial charge on any atom is -0.481 e. The Morgan fingerprint density at radius 1 is 1.32 bits per heavy atom. The van der Waals surface area contributed by atoms with Gasteiger partial charge in [0.15, 0.2) is 0 Å². The fourth-order valence-corrected chi connectivity index (χ4v) is 3.00. The van der Waals surface area contributed by atoms with Gasteiger partial charge in [-0.2, -0.15) is 11.8 Å². The molecule has 0 radical (unpaired) electrons. The number of nitrogens with zero attached hydrogens (tertiary/aromatic N) is 3. The third-order valence-corrected chi connectivity index (χ3v) is 4.18. The maximum absolute atomic E-state index is 12.3. The molecule has 0 aromatic rings. The summed E-state index contributed by atoms with van der Waals surface area (Å²) in [5.74, 6) is 0.740. The Labute approximate surface area is 118 Å². The van der Waals surface area contributed by atoms with E-state index in [4.69, 9.17) is 5.11 Å². The molecule has 1 aliphatic heterocycles. The van der Waals surface area contributed by atoms with Crippen LogP contribution in [0.25, 0.3) is 0 Å². The van der Waals surface area contributed by atoms with Gasteiger partial charge in [-0.1, -0.05) is 0 Å². The second-order valence-electron chi connectivity index (χ2n) is 5.03. The van der Waals surface area contributed by atoms with Gasteiger partial charge in [-0.05, 0) is 14.1 Å². The number of carbonyl (C=O) groups excluding carboxylic acids is 1. The summed E-state index contributed by atoms with van der Waals surface area (Å²) in [5.41, 5.74) is 0. The van der Waals surface area contributed by atoms with Crippen molar-refractivity contribution in [1.29, 1.82) is 0 Å². The fraction of sp³-hybridized carbons (Fsp3) is 0.833. The van der Waals surface area contributed by atoms with Crippen molar-refractivity contribution in [2.75, 3.05) is 52.3 Å². The van der Waals surface area contributed by atoms with E-state index in [9.17, 15) is 9.59 Å². The van der Waals surface area contributed by atoms with Crippen LogP contribution < -0.4 is 0 Å². The van der Waals surface area contributed by atoms with Crippen molar-refractivity contribution in [2.24, 2.45) is 0 Å². The van der Waals surface area contributed by atoms with Gasteiger partial charge in [0.25, 0.3) is 0 Å². The van der Waals surface area contributed by atoms with E-state index in [0.29, 0.717) is 18.8 Å². The third-order valence-electron chi connectivity index (χ3n) is 3.09. The van der Waals surface area contributed by atoms with Crippen molar-refractivity contribution in [3.8, 4) is 0 Å². The average molecular weight is 289 g/mol. The Morgan fingerprint density at radius 3 is 2.58 bits per heavy atom. The Kier molecular flexibility index (Phi) is 6.44. The highest BCUT2D eigenvalue weighted by Gasteiger charge is 2.30. The molecular formula is C12H23N3O3S. The van der Waals surface area contributed by atoms with Gasteiger partial charge in [0.2, 0.25) is 0 Å². The summed E-state index contributed by atoms with van der Waals surface area (Å²) in [6.07, 6.45) is 0.0280. The standard InChI is InChI=1S/C12H23N3O3S/c1-13(2)4-5-14(3)12(18)15-6-7-19-9-10(15)8-11(16)17/h10H,4-9H2,1-3H3,(H,16,17). The number of aliphatic carboxylic acids is 1. The van der Waals surface area contributed by atoms with Gasteiger partial charge >= 0.3 is 12.0 Å². The highest BCUT2D eigenvalue weighted by Crippen LogP contribution is 2.20. The summed E-state index contributed by atoms with van der Waals surface area (Å²) >= 11 is 1.71. The number of hydrogen-bond donors (Lipinski definition) is 1. The van der Waals surface area contributed by atoms with Crippen molar-refractivity contribution in [2.45, 2.75) is 12.5 Å². The number of carboxylic acids is 1. The predicted octanol–water partition coefficient (Wildman–Crippen LogP) is 0.492. The molecule has 7 heteroatoms. The van der Waals surface area contributed by atoms with Crippen molar-refractivity contribution >= 4 is 23.8 Å². The van der Waals surface area contributed by atoms with E-state index in [1.807, 2.05) is 19.0 Å². The van der Waals surface area contributed by atoms with Crippen molar-refractivity contribution in [1.82, 2.24) is 14.7 Å². The number of hydrogen-bond acceptors (Lipinski definition) is 4. The van der Waals surface area contributed by atoms with Crippen LogP contribution in [-0.4, -0.2) is 90.1 Å². The molecule has 0 aliphatic carbocycles. The molecule has 1 atom stereocenters. The zero-order valence-electron chi connectivity index (χ0n) is 11.8. The average Bonchev–Trinajstić information content (AvgIpc) is 2.35. The van der Waals surface area contributed by atoms with Crippen LogP contribution in [0, 0.1) is 0 Å². The van der Waals surface area contributed by atoms with E-state index in [-0.39, 0.29) is 18.5 Å². The van der Waals surface area contributed by atoms with E-state index < -0.39 is 5.97 Å².